The minimum Gasteiger partial charge on any atom is -0.398 e. The van der Waals surface area contributed by atoms with E-state index in [-0.39, 0.29) is 23.1 Å². The summed E-state index contributed by atoms with van der Waals surface area (Å²) in [4.78, 5) is 3.62. The minimum absolute atomic E-state index is 0.00373. The molecule has 0 aliphatic rings. The summed E-state index contributed by atoms with van der Waals surface area (Å²) in [5, 5.41) is 3.28. The quantitative estimate of drug-likeness (QED) is 0.748. The molecule has 1 aromatic heterocycles. The zero-order valence-electron chi connectivity index (χ0n) is 8.32. The fourth-order valence-electron chi connectivity index (χ4n) is 1.26. The summed E-state index contributed by atoms with van der Waals surface area (Å²) in [5.41, 5.74) is 10.0. The molecule has 4 N–H and O–H groups in total. The molecular formula is C9H7F3N4O. The molecule has 0 saturated heterocycles. The molecule has 2 aromatic rings. The summed E-state index contributed by atoms with van der Waals surface area (Å²) in [6.07, 6.45) is -4.46. The molecule has 0 spiro atoms. The van der Waals surface area contributed by atoms with Gasteiger partial charge in [0, 0.05) is 5.69 Å². The molecule has 17 heavy (non-hydrogen) atoms. The SMILES string of the molecule is Nc1noc(-c2cc(C(F)(F)F)ccc2N)n1. The number of hydrogen-bond acceptors (Lipinski definition) is 5. The molecule has 2 rings (SSSR count). The first-order chi connectivity index (χ1) is 7.88. The number of aromatic nitrogens is 2. The van der Waals surface area contributed by atoms with E-state index in [0.29, 0.717) is 0 Å². The van der Waals surface area contributed by atoms with Crippen molar-refractivity contribution in [2.45, 2.75) is 6.18 Å². The standard InChI is InChI=1S/C9H7F3N4O/c10-9(11,12)4-1-2-6(13)5(3-4)7-15-8(14)16-17-7/h1-3H,13H2,(H2,14,16). The van der Waals surface area contributed by atoms with Crippen molar-refractivity contribution in [2.24, 2.45) is 0 Å². The molecule has 1 aromatic carbocycles. The van der Waals surface area contributed by atoms with Crippen LogP contribution < -0.4 is 11.5 Å². The maximum Gasteiger partial charge on any atom is 0.416 e. The Kier molecular flexibility index (Phi) is 2.41. The third-order valence-corrected chi connectivity index (χ3v) is 2.05. The monoisotopic (exact) mass is 244 g/mol. The average molecular weight is 244 g/mol. The van der Waals surface area contributed by atoms with Gasteiger partial charge in [-0.15, -0.1) is 0 Å². The molecule has 0 bridgehead atoms. The summed E-state index contributed by atoms with van der Waals surface area (Å²) in [6, 6.07) is 2.83. The van der Waals surface area contributed by atoms with Crippen LogP contribution in [0.2, 0.25) is 0 Å². The average Bonchev–Trinajstić information content (AvgIpc) is 2.63. The van der Waals surface area contributed by atoms with Gasteiger partial charge in [0.2, 0.25) is 0 Å². The van der Waals surface area contributed by atoms with Crippen molar-refractivity contribution in [1.82, 2.24) is 10.1 Å². The summed E-state index contributed by atoms with van der Waals surface area (Å²) < 4.78 is 42.1. The maximum atomic E-state index is 12.5. The Morgan fingerprint density at radius 1 is 1.18 bits per heavy atom. The number of nitrogens with zero attached hydrogens (tertiary/aromatic N) is 2. The summed E-state index contributed by atoms with van der Waals surface area (Å²) in [7, 11) is 0. The van der Waals surface area contributed by atoms with Crippen LogP contribution in [0.3, 0.4) is 0 Å². The first-order valence-corrected chi connectivity index (χ1v) is 4.44. The van der Waals surface area contributed by atoms with Crippen LogP contribution in [-0.2, 0) is 6.18 Å². The molecule has 0 atom stereocenters. The lowest BCUT2D eigenvalue weighted by molar-refractivity contribution is -0.137. The lowest BCUT2D eigenvalue weighted by Gasteiger charge is -2.08. The number of benzene rings is 1. The summed E-state index contributed by atoms with van der Waals surface area (Å²) >= 11 is 0. The van der Waals surface area contributed by atoms with E-state index in [4.69, 9.17) is 11.5 Å². The predicted octanol–water partition coefficient (Wildman–Crippen LogP) is 1.92. The van der Waals surface area contributed by atoms with Gasteiger partial charge in [0.05, 0.1) is 11.1 Å². The lowest BCUT2D eigenvalue weighted by atomic mass is 10.1. The summed E-state index contributed by atoms with van der Waals surface area (Å²) in [5.74, 6) is -0.317. The van der Waals surface area contributed by atoms with E-state index >= 15 is 0 Å². The van der Waals surface area contributed by atoms with Crippen molar-refractivity contribution in [3.63, 3.8) is 0 Å². The largest absolute Gasteiger partial charge is 0.416 e. The Hall–Kier alpha value is -2.25. The number of halogens is 3. The van der Waals surface area contributed by atoms with Gasteiger partial charge in [-0.1, -0.05) is 0 Å². The van der Waals surface area contributed by atoms with Crippen molar-refractivity contribution in [3.05, 3.63) is 23.8 Å². The second kappa shape index (κ2) is 3.65. The van der Waals surface area contributed by atoms with E-state index in [9.17, 15) is 13.2 Å². The number of hydrogen-bond donors (Lipinski definition) is 2. The van der Waals surface area contributed by atoms with Crippen molar-refractivity contribution >= 4 is 11.6 Å². The Labute approximate surface area is 93.2 Å². The molecule has 0 amide bonds. The molecule has 5 nitrogen and oxygen atoms in total. The van der Waals surface area contributed by atoms with E-state index in [2.05, 4.69) is 14.7 Å². The van der Waals surface area contributed by atoms with Gasteiger partial charge in [-0.25, -0.2) is 0 Å². The van der Waals surface area contributed by atoms with Crippen LogP contribution in [0.1, 0.15) is 5.56 Å². The number of alkyl halides is 3. The van der Waals surface area contributed by atoms with Gasteiger partial charge in [-0.2, -0.15) is 18.2 Å². The molecule has 8 heteroatoms. The Balaban J connectivity index is 2.54. The lowest BCUT2D eigenvalue weighted by Crippen LogP contribution is -2.05. The van der Waals surface area contributed by atoms with Crippen LogP contribution in [0, 0.1) is 0 Å². The molecule has 0 aliphatic heterocycles. The van der Waals surface area contributed by atoms with Gasteiger partial charge in [-0.3, -0.25) is 0 Å². The predicted molar refractivity (Wildman–Crippen MR) is 53.6 cm³/mol. The van der Waals surface area contributed by atoms with Crippen molar-refractivity contribution in [3.8, 4) is 11.5 Å². The Morgan fingerprint density at radius 3 is 2.41 bits per heavy atom. The van der Waals surface area contributed by atoms with E-state index < -0.39 is 11.7 Å². The van der Waals surface area contributed by atoms with Gasteiger partial charge >= 0.3 is 6.18 Å². The molecule has 0 aliphatic carbocycles. The van der Waals surface area contributed by atoms with Gasteiger partial charge in [0.15, 0.2) is 0 Å². The highest BCUT2D eigenvalue weighted by molar-refractivity contribution is 5.71. The molecule has 0 radical (unpaired) electrons. The van der Waals surface area contributed by atoms with Crippen molar-refractivity contribution in [1.29, 1.82) is 0 Å². The third-order valence-electron chi connectivity index (χ3n) is 2.05. The smallest absolute Gasteiger partial charge is 0.398 e. The second-order valence-electron chi connectivity index (χ2n) is 3.26. The first-order valence-electron chi connectivity index (χ1n) is 4.44. The van der Waals surface area contributed by atoms with E-state index in [1.165, 1.54) is 0 Å². The van der Waals surface area contributed by atoms with Crippen LogP contribution in [0.4, 0.5) is 24.8 Å². The topological polar surface area (TPSA) is 91.0 Å². The number of rotatable bonds is 1. The van der Waals surface area contributed by atoms with Gasteiger partial charge in [-0.05, 0) is 23.4 Å². The van der Waals surface area contributed by atoms with Gasteiger partial charge in [0.25, 0.3) is 11.8 Å². The fourth-order valence-corrected chi connectivity index (χ4v) is 1.26. The van der Waals surface area contributed by atoms with Gasteiger partial charge in [0.1, 0.15) is 0 Å². The number of nitrogen functional groups attached to an aromatic ring is 2. The minimum atomic E-state index is -4.46. The fraction of sp³-hybridized carbons (Fsp3) is 0.111. The Bertz CT molecular complexity index is 549. The van der Waals surface area contributed by atoms with Crippen LogP contribution >= 0.6 is 0 Å². The summed E-state index contributed by atoms with van der Waals surface area (Å²) in [6.45, 7) is 0. The maximum absolute atomic E-state index is 12.5. The van der Waals surface area contributed by atoms with E-state index in [1.54, 1.807) is 0 Å². The molecular weight excluding hydrogens is 237 g/mol. The van der Waals surface area contributed by atoms with E-state index in [1.807, 2.05) is 0 Å². The Morgan fingerprint density at radius 2 is 1.88 bits per heavy atom. The molecule has 90 valence electrons. The zero-order valence-corrected chi connectivity index (χ0v) is 8.32. The number of nitrogens with two attached hydrogens (primary N) is 2. The van der Waals surface area contributed by atoms with Crippen LogP contribution in [0.25, 0.3) is 11.5 Å². The highest BCUT2D eigenvalue weighted by atomic mass is 19.4. The van der Waals surface area contributed by atoms with Crippen LogP contribution in [-0.4, -0.2) is 10.1 Å². The first kappa shape index (κ1) is 11.2. The third kappa shape index (κ3) is 2.14. The second-order valence-corrected chi connectivity index (χ2v) is 3.26. The molecule has 1 heterocycles. The molecule has 0 fully saturated rings. The normalized spacial score (nSPS) is 11.7. The highest BCUT2D eigenvalue weighted by Gasteiger charge is 2.31. The molecule has 0 saturated carbocycles. The zero-order chi connectivity index (χ0) is 12.6. The van der Waals surface area contributed by atoms with Crippen LogP contribution in [0.15, 0.2) is 22.7 Å². The number of anilines is 2. The van der Waals surface area contributed by atoms with Crippen LogP contribution in [0.5, 0.6) is 0 Å². The van der Waals surface area contributed by atoms with Crippen molar-refractivity contribution < 1.29 is 17.7 Å². The van der Waals surface area contributed by atoms with Gasteiger partial charge < -0.3 is 16.0 Å². The highest BCUT2D eigenvalue weighted by Crippen LogP contribution is 2.34. The van der Waals surface area contributed by atoms with Crippen molar-refractivity contribution in [2.75, 3.05) is 11.5 Å². The van der Waals surface area contributed by atoms with E-state index in [0.717, 1.165) is 18.2 Å². The molecule has 0 unspecified atom stereocenters.